The van der Waals surface area contributed by atoms with Crippen molar-refractivity contribution in [2.45, 2.75) is 25.4 Å². The lowest BCUT2D eigenvalue weighted by molar-refractivity contribution is -0.139. The summed E-state index contributed by atoms with van der Waals surface area (Å²) in [5, 5.41) is 0. The standard InChI is InChI=1S/C18H20N2O4S3/c1-12(16(21)19(2)14-8-9-27(23,24)11-14)20-17(22)15(26-18(20)25)10-13-6-4-3-5-7-13/h3-7,10,12,14H,8-9,11H2,1-2H3/b15-10-/t12-,14-/m1/s1. The third kappa shape index (κ3) is 4.25. The second-order valence-corrected chi connectivity index (χ2v) is 10.5. The van der Waals surface area contributed by atoms with Crippen LogP contribution in [0, 0.1) is 0 Å². The quantitative estimate of drug-likeness (QED) is 0.543. The van der Waals surface area contributed by atoms with E-state index in [1.165, 1.54) is 21.6 Å². The zero-order valence-electron chi connectivity index (χ0n) is 15.0. The SMILES string of the molecule is C[C@H](C(=O)N(C)[C@@H]1CCS(=O)(=O)C1)N1C(=O)/C(=C/c2ccccc2)SC1=S. The van der Waals surface area contributed by atoms with Gasteiger partial charge in [-0.1, -0.05) is 54.3 Å². The molecular weight excluding hydrogens is 404 g/mol. The van der Waals surface area contributed by atoms with Crippen LogP contribution in [0.1, 0.15) is 18.9 Å². The molecule has 2 aliphatic heterocycles. The van der Waals surface area contributed by atoms with Crippen LogP contribution in [-0.2, 0) is 19.4 Å². The summed E-state index contributed by atoms with van der Waals surface area (Å²) in [6, 6.07) is 8.27. The Bertz CT molecular complexity index is 912. The summed E-state index contributed by atoms with van der Waals surface area (Å²) in [6.07, 6.45) is 2.17. The van der Waals surface area contributed by atoms with Crippen LogP contribution in [0.2, 0.25) is 0 Å². The number of thiocarbonyl (C=S) groups is 1. The fourth-order valence-electron chi connectivity index (χ4n) is 3.18. The highest BCUT2D eigenvalue weighted by atomic mass is 32.2. The highest BCUT2D eigenvalue weighted by Gasteiger charge is 2.41. The largest absolute Gasteiger partial charge is 0.340 e. The summed E-state index contributed by atoms with van der Waals surface area (Å²) in [5.41, 5.74) is 0.880. The van der Waals surface area contributed by atoms with Gasteiger partial charge in [-0.25, -0.2) is 8.42 Å². The van der Waals surface area contributed by atoms with E-state index < -0.39 is 15.9 Å². The van der Waals surface area contributed by atoms with Crippen LogP contribution in [0.3, 0.4) is 0 Å². The predicted molar refractivity (Wildman–Crippen MR) is 111 cm³/mol. The Morgan fingerprint density at radius 3 is 2.63 bits per heavy atom. The first kappa shape index (κ1) is 20.0. The second kappa shape index (κ2) is 7.73. The first-order valence-corrected chi connectivity index (χ1v) is 11.5. The van der Waals surface area contributed by atoms with Gasteiger partial charge in [0.15, 0.2) is 9.84 Å². The Morgan fingerprint density at radius 2 is 2.04 bits per heavy atom. The maximum Gasteiger partial charge on any atom is 0.266 e. The van der Waals surface area contributed by atoms with Gasteiger partial charge in [-0.05, 0) is 25.0 Å². The van der Waals surface area contributed by atoms with E-state index in [-0.39, 0.29) is 29.4 Å². The van der Waals surface area contributed by atoms with Gasteiger partial charge in [-0.3, -0.25) is 14.5 Å². The molecule has 144 valence electrons. The number of amides is 2. The molecule has 0 saturated carbocycles. The Hall–Kier alpha value is -1.71. The number of carbonyl (C=O) groups excluding carboxylic acids is 2. The molecule has 1 aromatic carbocycles. The highest BCUT2D eigenvalue weighted by molar-refractivity contribution is 8.26. The van der Waals surface area contributed by atoms with E-state index in [4.69, 9.17) is 12.2 Å². The van der Waals surface area contributed by atoms with Gasteiger partial charge in [0.2, 0.25) is 5.91 Å². The molecule has 2 atom stereocenters. The number of hydrogen-bond acceptors (Lipinski definition) is 6. The molecule has 2 fully saturated rings. The molecule has 1 aromatic rings. The molecule has 0 aromatic heterocycles. The van der Waals surface area contributed by atoms with Crippen LogP contribution in [0.15, 0.2) is 35.2 Å². The number of thioether (sulfide) groups is 1. The van der Waals surface area contributed by atoms with Gasteiger partial charge in [-0.2, -0.15) is 0 Å². The lowest BCUT2D eigenvalue weighted by atomic mass is 10.1. The van der Waals surface area contributed by atoms with Gasteiger partial charge >= 0.3 is 0 Å². The molecule has 0 aliphatic carbocycles. The van der Waals surface area contributed by atoms with Gasteiger partial charge < -0.3 is 4.90 Å². The predicted octanol–water partition coefficient (Wildman–Crippen LogP) is 1.92. The average molecular weight is 425 g/mol. The number of nitrogens with zero attached hydrogens (tertiary/aromatic N) is 2. The van der Waals surface area contributed by atoms with Crippen LogP contribution in [0.4, 0.5) is 0 Å². The molecule has 2 heterocycles. The molecular formula is C18H20N2O4S3. The van der Waals surface area contributed by atoms with Crippen molar-refractivity contribution in [3.05, 3.63) is 40.8 Å². The van der Waals surface area contributed by atoms with Crippen molar-refractivity contribution in [3.63, 3.8) is 0 Å². The summed E-state index contributed by atoms with van der Waals surface area (Å²) >= 11 is 6.49. The fraction of sp³-hybridized carbons (Fsp3) is 0.389. The van der Waals surface area contributed by atoms with Crippen molar-refractivity contribution in [2.24, 2.45) is 0 Å². The second-order valence-electron chi connectivity index (χ2n) is 6.64. The maximum absolute atomic E-state index is 12.8. The fourth-order valence-corrected chi connectivity index (χ4v) is 6.37. The zero-order chi connectivity index (χ0) is 19.8. The van der Waals surface area contributed by atoms with Crippen molar-refractivity contribution in [1.82, 2.24) is 9.80 Å². The van der Waals surface area contributed by atoms with E-state index in [9.17, 15) is 18.0 Å². The Morgan fingerprint density at radius 1 is 1.37 bits per heavy atom. The summed E-state index contributed by atoms with van der Waals surface area (Å²) in [6.45, 7) is 1.62. The number of sulfone groups is 1. The van der Waals surface area contributed by atoms with Crippen molar-refractivity contribution >= 4 is 56.0 Å². The van der Waals surface area contributed by atoms with Crippen molar-refractivity contribution in [2.75, 3.05) is 18.6 Å². The van der Waals surface area contributed by atoms with Crippen LogP contribution in [0.25, 0.3) is 6.08 Å². The molecule has 2 aliphatic rings. The monoisotopic (exact) mass is 424 g/mol. The van der Waals surface area contributed by atoms with E-state index in [0.29, 0.717) is 15.6 Å². The van der Waals surface area contributed by atoms with Gasteiger partial charge in [0.1, 0.15) is 10.4 Å². The van der Waals surface area contributed by atoms with E-state index >= 15 is 0 Å². The molecule has 27 heavy (non-hydrogen) atoms. The molecule has 0 unspecified atom stereocenters. The zero-order valence-corrected chi connectivity index (χ0v) is 17.4. The molecule has 9 heteroatoms. The number of hydrogen-bond donors (Lipinski definition) is 0. The molecule has 0 bridgehead atoms. The number of likely N-dealkylation sites (N-methyl/N-ethyl adjacent to an activating group) is 1. The Kier molecular flexibility index (Phi) is 5.73. The van der Waals surface area contributed by atoms with Gasteiger partial charge in [-0.15, -0.1) is 0 Å². The van der Waals surface area contributed by atoms with Crippen LogP contribution >= 0.6 is 24.0 Å². The third-order valence-electron chi connectivity index (χ3n) is 4.77. The van der Waals surface area contributed by atoms with Crippen molar-refractivity contribution in [1.29, 1.82) is 0 Å². The van der Waals surface area contributed by atoms with E-state index in [1.807, 2.05) is 30.3 Å². The van der Waals surface area contributed by atoms with E-state index in [1.54, 1.807) is 20.0 Å². The number of carbonyl (C=O) groups is 2. The smallest absolute Gasteiger partial charge is 0.266 e. The molecule has 0 spiro atoms. The molecule has 6 nitrogen and oxygen atoms in total. The highest BCUT2D eigenvalue weighted by Crippen LogP contribution is 2.34. The minimum Gasteiger partial charge on any atom is -0.340 e. The van der Waals surface area contributed by atoms with Crippen molar-refractivity contribution < 1.29 is 18.0 Å². The van der Waals surface area contributed by atoms with E-state index in [0.717, 1.165) is 5.56 Å². The number of benzene rings is 1. The van der Waals surface area contributed by atoms with Crippen LogP contribution in [-0.4, -0.2) is 65.0 Å². The van der Waals surface area contributed by atoms with Crippen LogP contribution in [0.5, 0.6) is 0 Å². The molecule has 0 radical (unpaired) electrons. The summed E-state index contributed by atoms with van der Waals surface area (Å²) in [4.78, 5) is 28.9. The van der Waals surface area contributed by atoms with Crippen molar-refractivity contribution in [3.8, 4) is 0 Å². The maximum atomic E-state index is 12.8. The normalized spacial score (nSPS) is 24.4. The lowest BCUT2D eigenvalue weighted by Gasteiger charge is -2.30. The van der Waals surface area contributed by atoms with Gasteiger partial charge in [0, 0.05) is 13.1 Å². The third-order valence-corrected chi connectivity index (χ3v) is 7.85. The first-order valence-electron chi connectivity index (χ1n) is 8.49. The minimum atomic E-state index is -3.10. The molecule has 2 saturated heterocycles. The van der Waals surface area contributed by atoms with Gasteiger partial charge in [0.05, 0.1) is 16.4 Å². The minimum absolute atomic E-state index is 0.0335. The molecule has 2 amide bonds. The summed E-state index contributed by atoms with van der Waals surface area (Å²) in [5.74, 6) is -0.560. The lowest BCUT2D eigenvalue weighted by Crippen LogP contribution is -2.50. The number of rotatable bonds is 4. The summed E-state index contributed by atoms with van der Waals surface area (Å²) < 4.78 is 23.7. The molecule has 3 rings (SSSR count). The van der Waals surface area contributed by atoms with E-state index in [2.05, 4.69) is 0 Å². The molecule has 0 N–H and O–H groups in total. The summed E-state index contributed by atoms with van der Waals surface area (Å²) in [7, 11) is -1.51. The topological polar surface area (TPSA) is 74.8 Å². The Labute approximate surface area is 168 Å². The Balaban J connectivity index is 1.75. The van der Waals surface area contributed by atoms with Crippen LogP contribution < -0.4 is 0 Å². The van der Waals surface area contributed by atoms with Gasteiger partial charge in [0.25, 0.3) is 5.91 Å². The average Bonchev–Trinajstić information content (AvgIpc) is 3.13. The first-order chi connectivity index (χ1) is 12.7.